The van der Waals surface area contributed by atoms with Gasteiger partial charge in [0, 0.05) is 30.6 Å². The SMILES string of the molecule is COc1ccc(-n2cc(-c3ccccc3)c3c(NC[C@H]4CCCO4)ncnc32)cc1. The molecule has 0 aliphatic carbocycles. The highest BCUT2D eigenvalue weighted by molar-refractivity contribution is 6.02. The number of methoxy groups -OCH3 is 1. The summed E-state index contributed by atoms with van der Waals surface area (Å²) in [5.41, 5.74) is 4.11. The fourth-order valence-electron chi connectivity index (χ4n) is 3.99. The molecule has 4 aromatic rings. The number of aromatic nitrogens is 3. The Bertz CT molecular complexity index is 1130. The van der Waals surface area contributed by atoms with Gasteiger partial charge in [-0.25, -0.2) is 9.97 Å². The van der Waals surface area contributed by atoms with Crippen molar-refractivity contribution in [3.63, 3.8) is 0 Å². The molecule has 1 fully saturated rings. The van der Waals surface area contributed by atoms with Gasteiger partial charge in [-0.15, -0.1) is 0 Å². The highest BCUT2D eigenvalue weighted by atomic mass is 16.5. The molecule has 1 aliphatic heterocycles. The highest BCUT2D eigenvalue weighted by Gasteiger charge is 2.20. The molecule has 0 bridgehead atoms. The van der Waals surface area contributed by atoms with Crippen LogP contribution >= 0.6 is 0 Å². The van der Waals surface area contributed by atoms with Crippen LogP contribution in [0.25, 0.3) is 27.8 Å². The average molecular weight is 400 g/mol. The van der Waals surface area contributed by atoms with Crippen molar-refractivity contribution in [2.75, 3.05) is 25.6 Å². The van der Waals surface area contributed by atoms with Gasteiger partial charge in [0.2, 0.25) is 0 Å². The van der Waals surface area contributed by atoms with Gasteiger partial charge in [0.25, 0.3) is 0 Å². The number of nitrogens with zero attached hydrogens (tertiary/aromatic N) is 3. The number of nitrogens with one attached hydrogen (secondary N) is 1. The molecule has 3 heterocycles. The van der Waals surface area contributed by atoms with E-state index in [1.165, 1.54) is 0 Å². The van der Waals surface area contributed by atoms with Crippen LogP contribution < -0.4 is 10.1 Å². The largest absolute Gasteiger partial charge is 0.497 e. The first-order chi connectivity index (χ1) is 14.8. The number of fused-ring (bicyclic) bond motifs is 1. The van der Waals surface area contributed by atoms with Gasteiger partial charge >= 0.3 is 0 Å². The van der Waals surface area contributed by atoms with Crippen LogP contribution in [-0.4, -0.2) is 40.9 Å². The summed E-state index contributed by atoms with van der Waals surface area (Å²) in [6, 6.07) is 18.4. The molecule has 0 spiro atoms. The summed E-state index contributed by atoms with van der Waals surface area (Å²) in [6.07, 6.45) is 6.19. The number of hydrogen-bond acceptors (Lipinski definition) is 5. The molecule has 1 saturated heterocycles. The Kier molecular flexibility index (Phi) is 5.07. The minimum absolute atomic E-state index is 0.235. The second-order valence-electron chi connectivity index (χ2n) is 7.41. The molecule has 6 heteroatoms. The Morgan fingerprint density at radius 2 is 1.93 bits per heavy atom. The average Bonchev–Trinajstić information content (AvgIpc) is 3.47. The van der Waals surface area contributed by atoms with Crippen LogP contribution in [0.1, 0.15) is 12.8 Å². The standard InChI is InChI=1S/C24H24N4O2/c1-29-19-11-9-18(10-12-19)28-15-21(17-6-3-2-4-7-17)22-23(26-16-27-24(22)28)25-14-20-8-5-13-30-20/h2-4,6-7,9-12,15-16,20H,5,8,13-14H2,1H3,(H,25,26,27)/t20-/m1/s1. The number of ether oxygens (including phenoxy) is 2. The lowest BCUT2D eigenvalue weighted by molar-refractivity contribution is 0.120. The number of anilines is 1. The Hall–Kier alpha value is -3.38. The minimum Gasteiger partial charge on any atom is -0.497 e. The third-order valence-electron chi connectivity index (χ3n) is 5.54. The van der Waals surface area contributed by atoms with E-state index in [4.69, 9.17) is 9.47 Å². The van der Waals surface area contributed by atoms with Crippen molar-refractivity contribution in [1.82, 2.24) is 14.5 Å². The summed E-state index contributed by atoms with van der Waals surface area (Å²) >= 11 is 0. The molecule has 0 amide bonds. The summed E-state index contributed by atoms with van der Waals surface area (Å²) in [4.78, 5) is 9.21. The maximum Gasteiger partial charge on any atom is 0.150 e. The molecule has 30 heavy (non-hydrogen) atoms. The van der Waals surface area contributed by atoms with Crippen molar-refractivity contribution >= 4 is 16.9 Å². The highest BCUT2D eigenvalue weighted by Crippen LogP contribution is 2.35. The van der Waals surface area contributed by atoms with Crippen LogP contribution in [0, 0.1) is 0 Å². The zero-order valence-corrected chi connectivity index (χ0v) is 16.9. The third kappa shape index (κ3) is 3.50. The third-order valence-corrected chi connectivity index (χ3v) is 5.54. The van der Waals surface area contributed by atoms with Gasteiger partial charge in [0.1, 0.15) is 17.9 Å². The van der Waals surface area contributed by atoms with E-state index >= 15 is 0 Å². The van der Waals surface area contributed by atoms with Gasteiger partial charge in [-0.3, -0.25) is 0 Å². The molecular formula is C24H24N4O2. The van der Waals surface area contributed by atoms with Gasteiger partial charge < -0.3 is 19.4 Å². The van der Waals surface area contributed by atoms with E-state index in [-0.39, 0.29) is 6.10 Å². The first kappa shape index (κ1) is 18.6. The summed E-state index contributed by atoms with van der Waals surface area (Å²) in [5.74, 6) is 1.66. The van der Waals surface area contributed by atoms with Crippen molar-refractivity contribution in [2.45, 2.75) is 18.9 Å². The smallest absolute Gasteiger partial charge is 0.150 e. The van der Waals surface area contributed by atoms with Crippen LogP contribution in [0.2, 0.25) is 0 Å². The molecule has 0 radical (unpaired) electrons. The van der Waals surface area contributed by atoms with Crippen LogP contribution in [0.3, 0.4) is 0 Å². The molecule has 2 aromatic heterocycles. The van der Waals surface area contributed by atoms with Crippen LogP contribution in [0.5, 0.6) is 5.75 Å². The molecule has 5 rings (SSSR count). The second kappa shape index (κ2) is 8.16. The second-order valence-corrected chi connectivity index (χ2v) is 7.41. The lowest BCUT2D eigenvalue weighted by Gasteiger charge is -2.12. The summed E-state index contributed by atoms with van der Waals surface area (Å²) in [7, 11) is 1.67. The van der Waals surface area contributed by atoms with Crippen LogP contribution in [0.4, 0.5) is 5.82 Å². The molecule has 1 atom stereocenters. The van der Waals surface area contributed by atoms with Crippen molar-refractivity contribution in [1.29, 1.82) is 0 Å². The topological polar surface area (TPSA) is 61.2 Å². The molecular weight excluding hydrogens is 376 g/mol. The van der Waals surface area contributed by atoms with Crippen molar-refractivity contribution in [2.24, 2.45) is 0 Å². The number of hydrogen-bond donors (Lipinski definition) is 1. The van der Waals surface area contributed by atoms with Gasteiger partial charge in [-0.2, -0.15) is 0 Å². The van der Waals surface area contributed by atoms with Crippen molar-refractivity contribution < 1.29 is 9.47 Å². The van der Waals surface area contributed by atoms with Gasteiger partial charge in [0.15, 0.2) is 5.65 Å². The quantitative estimate of drug-likeness (QED) is 0.509. The predicted octanol–water partition coefficient (Wildman–Crippen LogP) is 4.69. The summed E-state index contributed by atoms with van der Waals surface area (Å²) in [6.45, 7) is 1.59. The monoisotopic (exact) mass is 400 g/mol. The van der Waals surface area contributed by atoms with Crippen molar-refractivity contribution in [3.8, 4) is 22.6 Å². The molecule has 0 unspecified atom stereocenters. The maximum absolute atomic E-state index is 5.78. The molecule has 1 N–H and O–H groups in total. The lowest BCUT2D eigenvalue weighted by atomic mass is 10.1. The number of benzene rings is 2. The summed E-state index contributed by atoms with van der Waals surface area (Å²) in [5, 5.41) is 4.52. The first-order valence-electron chi connectivity index (χ1n) is 10.2. The van der Waals surface area contributed by atoms with Gasteiger partial charge in [-0.1, -0.05) is 30.3 Å². The predicted molar refractivity (Wildman–Crippen MR) is 118 cm³/mol. The number of rotatable bonds is 6. The summed E-state index contributed by atoms with van der Waals surface area (Å²) < 4.78 is 13.2. The fraction of sp³-hybridized carbons (Fsp3) is 0.250. The van der Waals surface area contributed by atoms with E-state index in [1.54, 1.807) is 13.4 Å². The molecule has 0 saturated carbocycles. The van der Waals surface area contributed by atoms with E-state index in [1.807, 2.05) is 30.3 Å². The normalized spacial score (nSPS) is 16.1. The Morgan fingerprint density at radius 1 is 1.10 bits per heavy atom. The Balaban J connectivity index is 1.63. The van der Waals surface area contributed by atoms with E-state index in [2.05, 4.69) is 50.3 Å². The first-order valence-corrected chi connectivity index (χ1v) is 10.2. The van der Waals surface area contributed by atoms with E-state index in [9.17, 15) is 0 Å². The van der Waals surface area contributed by atoms with E-state index < -0.39 is 0 Å². The van der Waals surface area contributed by atoms with E-state index in [0.29, 0.717) is 0 Å². The zero-order valence-electron chi connectivity index (χ0n) is 16.9. The van der Waals surface area contributed by atoms with E-state index in [0.717, 1.165) is 65.4 Å². The Labute approximate surface area is 175 Å². The zero-order chi connectivity index (χ0) is 20.3. The maximum atomic E-state index is 5.78. The van der Waals surface area contributed by atoms with Gasteiger partial charge in [0.05, 0.1) is 18.6 Å². The molecule has 6 nitrogen and oxygen atoms in total. The van der Waals surface area contributed by atoms with Gasteiger partial charge in [-0.05, 0) is 42.7 Å². The minimum atomic E-state index is 0.235. The Morgan fingerprint density at radius 3 is 2.67 bits per heavy atom. The molecule has 152 valence electrons. The molecule has 1 aliphatic rings. The lowest BCUT2D eigenvalue weighted by Crippen LogP contribution is -2.19. The van der Waals surface area contributed by atoms with Crippen LogP contribution in [-0.2, 0) is 4.74 Å². The van der Waals surface area contributed by atoms with Crippen LogP contribution in [0.15, 0.2) is 67.1 Å². The fourth-order valence-corrected chi connectivity index (χ4v) is 3.99. The van der Waals surface area contributed by atoms with Crippen molar-refractivity contribution in [3.05, 3.63) is 67.1 Å². The molecule has 2 aromatic carbocycles.